The molecule has 0 aliphatic carbocycles. The maximum absolute atomic E-state index is 5.05. The molecule has 0 radical (unpaired) electrons. The third-order valence-electron chi connectivity index (χ3n) is 5.74. The van der Waals surface area contributed by atoms with E-state index < -0.39 is 0 Å². The average Bonchev–Trinajstić information content (AvgIpc) is 3.18. The Morgan fingerprint density at radius 2 is 1.96 bits per heavy atom. The van der Waals surface area contributed by atoms with Crippen molar-refractivity contribution < 1.29 is 0 Å². The van der Waals surface area contributed by atoms with Crippen molar-refractivity contribution in [2.45, 2.75) is 39.3 Å². The number of anilines is 1. The Hall–Kier alpha value is -1.98. The zero-order valence-corrected chi connectivity index (χ0v) is 15.9. The summed E-state index contributed by atoms with van der Waals surface area (Å²) in [6.07, 6.45) is 2.24. The summed E-state index contributed by atoms with van der Waals surface area (Å²) in [7, 11) is 0. The molecule has 1 N–H and O–H groups in total. The van der Waals surface area contributed by atoms with Crippen molar-refractivity contribution in [2.24, 2.45) is 0 Å². The molecule has 2 aliphatic heterocycles. The first kappa shape index (κ1) is 17.4. The Morgan fingerprint density at radius 1 is 1.15 bits per heavy atom. The van der Waals surface area contributed by atoms with Crippen molar-refractivity contribution in [3.8, 4) is 11.4 Å². The van der Waals surface area contributed by atoms with Gasteiger partial charge in [0.15, 0.2) is 5.82 Å². The van der Waals surface area contributed by atoms with Gasteiger partial charge in [-0.3, -0.25) is 4.90 Å². The average molecular weight is 351 g/mol. The largest absolute Gasteiger partial charge is 0.355 e. The Morgan fingerprint density at radius 3 is 2.73 bits per heavy atom. The number of hydrogen-bond donors (Lipinski definition) is 1. The van der Waals surface area contributed by atoms with Gasteiger partial charge < -0.3 is 10.2 Å². The van der Waals surface area contributed by atoms with Gasteiger partial charge in [0.1, 0.15) is 5.82 Å². The van der Waals surface area contributed by atoms with E-state index in [1.807, 2.05) is 6.07 Å². The second-order valence-corrected chi connectivity index (χ2v) is 7.20. The Balaban J connectivity index is 1.69. The number of nitrogens with one attached hydrogen (secondary N) is 1. The molecule has 3 heterocycles. The van der Waals surface area contributed by atoms with Crippen LogP contribution in [0.2, 0.25) is 0 Å². The standard InChI is InChI=1S/C21H29N5/c1-3-25(4-2)17-11-13-26(15-17)21-18-10-12-22-14-19(18)23-20(24-21)16-8-6-5-7-9-16/h5-9,17,22H,3-4,10-15H2,1-2H3/t17-/m0/s1. The van der Waals surface area contributed by atoms with Crippen LogP contribution in [0.1, 0.15) is 31.5 Å². The van der Waals surface area contributed by atoms with E-state index in [1.54, 1.807) is 0 Å². The first-order valence-electron chi connectivity index (χ1n) is 9.95. The summed E-state index contributed by atoms with van der Waals surface area (Å²) in [5.41, 5.74) is 3.62. The minimum absolute atomic E-state index is 0.637. The number of likely N-dealkylation sites (N-methyl/N-ethyl adjacent to an activating group) is 1. The molecule has 0 bridgehead atoms. The highest BCUT2D eigenvalue weighted by atomic mass is 15.3. The van der Waals surface area contributed by atoms with Gasteiger partial charge in [0.2, 0.25) is 0 Å². The maximum Gasteiger partial charge on any atom is 0.161 e. The monoisotopic (exact) mass is 351 g/mol. The van der Waals surface area contributed by atoms with Crippen LogP contribution in [0.3, 0.4) is 0 Å². The van der Waals surface area contributed by atoms with Gasteiger partial charge >= 0.3 is 0 Å². The lowest BCUT2D eigenvalue weighted by Gasteiger charge is -2.28. The van der Waals surface area contributed by atoms with Crippen molar-refractivity contribution in [1.29, 1.82) is 0 Å². The molecule has 0 unspecified atom stereocenters. The lowest BCUT2D eigenvalue weighted by Crippen LogP contribution is -2.38. The highest BCUT2D eigenvalue weighted by Crippen LogP contribution is 2.30. The van der Waals surface area contributed by atoms with Gasteiger partial charge in [-0.25, -0.2) is 9.97 Å². The van der Waals surface area contributed by atoms with Gasteiger partial charge in [-0.2, -0.15) is 0 Å². The summed E-state index contributed by atoms with van der Waals surface area (Å²) >= 11 is 0. The number of rotatable bonds is 5. The van der Waals surface area contributed by atoms with Crippen LogP contribution in [0.4, 0.5) is 5.82 Å². The third kappa shape index (κ3) is 3.33. The van der Waals surface area contributed by atoms with Crippen LogP contribution in [-0.4, -0.2) is 53.6 Å². The van der Waals surface area contributed by atoms with E-state index in [4.69, 9.17) is 9.97 Å². The van der Waals surface area contributed by atoms with Crippen molar-refractivity contribution in [3.05, 3.63) is 41.6 Å². The zero-order chi connectivity index (χ0) is 17.9. The molecule has 26 heavy (non-hydrogen) atoms. The smallest absolute Gasteiger partial charge is 0.161 e. The van der Waals surface area contributed by atoms with E-state index in [0.29, 0.717) is 6.04 Å². The fraction of sp³-hybridized carbons (Fsp3) is 0.524. The van der Waals surface area contributed by atoms with Crippen LogP contribution < -0.4 is 10.2 Å². The van der Waals surface area contributed by atoms with Gasteiger partial charge in [0.05, 0.1) is 5.69 Å². The van der Waals surface area contributed by atoms with Gasteiger partial charge in [-0.05, 0) is 32.5 Å². The van der Waals surface area contributed by atoms with Crippen molar-refractivity contribution in [2.75, 3.05) is 37.6 Å². The van der Waals surface area contributed by atoms with Gasteiger partial charge in [-0.1, -0.05) is 44.2 Å². The van der Waals surface area contributed by atoms with Gasteiger partial charge in [-0.15, -0.1) is 0 Å². The van der Waals surface area contributed by atoms with E-state index in [0.717, 1.165) is 57.1 Å². The van der Waals surface area contributed by atoms with E-state index >= 15 is 0 Å². The summed E-state index contributed by atoms with van der Waals surface area (Å²) in [5.74, 6) is 2.03. The Labute approximate surface area is 156 Å². The maximum atomic E-state index is 5.05. The quantitative estimate of drug-likeness (QED) is 0.897. The molecule has 2 aromatic rings. The first-order chi connectivity index (χ1) is 12.8. The van der Waals surface area contributed by atoms with Gasteiger partial charge in [0, 0.05) is 36.8 Å². The molecule has 1 fully saturated rings. The van der Waals surface area contributed by atoms with Crippen LogP contribution in [0.15, 0.2) is 30.3 Å². The van der Waals surface area contributed by atoms with Crippen molar-refractivity contribution in [1.82, 2.24) is 20.2 Å². The van der Waals surface area contributed by atoms with Crippen LogP contribution in [0.5, 0.6) is 0 Å². The minimum Gasteiger partial charge on any atom is -0.355 e. The van der Waals surface area contributed by atoms with E-state index in [9.17, 15) is 0 Å². The summed E-state index contributed by atoms with van der Waals surface area (Å²) in [4.78, 5) is 15.0. The molecule has 1 saturated heterocycles. The van der Waals surface area contributed by atoms with Crippen LogP contribution in [-0.2, 0) is 13.0 Å². The molecule has 2 aliphatic rings. The SMILES string of the molecule is CCN(CC)[C@H]1CCN(c2nc(-c3ccccc3)nc3c2CCNC3)C1. The molecule has 4 rings (SSSR count). The number of aromatic nitrogens is 2. The normalized spacial score (nSPS) is 19.8. The molecular formula is C21H29N5. The first-order valence-corrected chi connectivity index (χ1v) is 9.95. The molecule has 0 amide bonds. The van der Waals surface area contributed by atoms with Crippen LogP contribution >= 0.6 is 0 Å². The zero-order valence-electron chi connectivity index (χ0n) is 15.9. The second kappa shape index (κ2) is 7.72. The molecule has 5 nitrogen and oxygen atoms in total. The number of hydrogen-bond acceptors (Lipinski definition) is 5. The fourth-order valence-electron chi connectivity index (χ4n) is 4.29. The van der Waals surface area contributed by atoms with Gasteiger partial charge in [0.25, 0.3) is 0 Å². The molecular weight excluding hydrogens is 322 g/mol. The molecule has 0 saturated carbocycles. The van der Waals surface area contributed by atoms with E-state index in [-0.39, 0.29) is 0 Å². The summed E-state index contributed by atoms with van der Waals surface area (Å²) in [6.45, 7) is 10.8. The lowest BCUT2D eigenvalue weighted by molar-refractivity contribution is 0.232. The molecule has 138 valence electrons. The minimum atomic E-state index is 0.637. The third-order valence-corrected chi connectivity index (χ3v) is 5.74. The van der Waals surface area contributed by atoms with E-state index in [2.05, 4.69) is 53.2 Å². The predicted molar refractivity (Wildman–Crippen MR) is 106 cm³/mol. The topological polar surface area (TPSA) is 44.3 Å². The van der Waals surface area contributed by atoms with Crippen LogP contribution in [0.25, 0.3) is 11.4 Å². The molecule has 0 spiro atoms. The molecule has 1 atom stereocenters. The second-order valence-electron chi connectivity index (χ2n) is 7.20. The summed E-state index contributed by atoms with van der Waals surface area (Å²) in [5, 5.41) is 3.47. The number of fused-ring (bicyclic) bond motifs is 1. The summed E-state index contributed by atoms with van der Waals surface area (Å²) < 4.78 is 0. The number of nitrogens with zero attached hydrogens (tertiary/aromatic N) is 4. The van der Waals surface area contributed by atoms with Crippen LogP contribution in [0, 0.1) is 0 Å². The molecule has 1 aromatic heterocycles. The number of benzene rings is 1. The van der Waals surface area contributed by atoms with Crippen molar-refractivity contribution >= 4 is 5.82 Å². The Bertz CT molecular complexity index is 742. The van der Waals surface area contributed by atoms with E-state index in [1.165, 1.54) is 23.5 Å². The molecule has 1 aromatic carbocycles. The fourth-order valence-corrected chi connectivity index (χ4v) is 4.29. The predicted octanol–water partition coefficient (Wildman–Crippen LogP) is 2.71. The Kier molecular flexibility index (Phi) is 5.18. The van der Waals surface area contributed by atoms with Crippen molar-refractivity contribution in [3.63, 3.8) is 0 Å². The molecule has 5 heteroatoms. The summed E-state index contributed by atoms with van der Waals surface area (Å²) in [6, 6.07) is 11.0. The lowest BCUT2D eigenvalue weighted by atomic mass is 10.1. The highest BCUT2D eigenvalue weighted by Gasteiger charge is 2.30. The highest BCUT2D eigenvalue weighted by molar-refractivity contribution is 5.61.